The molecule has 0 radical (unpaired) electrons. The summed E-state index contributed by atoms with van der Waals surface area (Å²) in [5.74, 6) is -0.601. The van der Waals surface area contributed by atoms with Crippen LogP contribution in [0.2, 0.25) is 0 Å². The molecular formula is C17H25NO2. The molecule has 0 aliphatic heterocycles. The number of allylic oxidation sites excluding steroid dienone is 4. The second-order valence-electron chi connectivity index (χ2n) is 6.53. The summed E-state index contributed by atoms with van der Waals surface area (Å²) in [4.78, 5) is 11.4. The van der Waals surface area contributed by atoms with E-state index in [-0.39, 0.29) is 5.54 Å². The van der Waals surface area contributed by atoms with E-state index in [4.69, 9.17) is 0 Å². The first kappa shape index (κ1) is 15.0. The first-order valence-electron chi connectivity index (χ1n) is 7.36. The van der Waals surface area contributed by atoms with E-state index < -0.39 is 11.4 Å². The van der Waals surface area contributed by atoms with Gasteiger partial charge in [0.2, 0.25) is 0 Å². The molecule has 20 heavy (non-hydrogen) atoms. The molecule has 2 fully saturated rings. The Hall–Kier alpha value is -1.35. The van der Waals surface area contributed by atoms with Crippen LogP contribution in [0, 0.1) is 5.41 Å². The van der Waals surface area contributed by atoms with Gasteiger partial charge in [-0.3, -0.25) is 4.79 Å². The highest BCUT2D eigenvalue weighted by Gasteiger charge is 2.57. The van der Waals surface area contributed by atoms with Crippen LogP contribution in [0.15, 0.2) is 36.0 Å². The molecule has 2 saturated carbocycles. The Morgan fingerprint density at radius 3 is 2.45 bits per heavy atom. The number of carboxylic acid groups (broad SMARTS) is 1. The van der Waals surface area contributed by atoms with E-state index in [2.05, 4.69) is 31.8 Å². The van der Waals surface area contributed by atoms with Crippen molar-refractivity contribution in [2.75, 3.05) is 6.54 Å². The fourth-order valence-corrected chi connectivity index (χ4v) is 3.74. The number of fused-ring (bicyclic) bond motifs is 2. The highest BCUT2D eigenvalue weighted by atomic mass is 16.4. The molecule has 110 valence electrons. The van der Waals surface area contributed by atoms with E-state index in [9.17, 15) is 9.90 Å². The summed E-state index contributed by atoms with van der Waals surface area (Å²) in [6.45, 7) is 8.69. The van der Waals surface area contributed by atoms with Crippen molar-refractivity contribution in [2.24, 2.45) is 5.41 Å². The van der Waals surface area contributed by atoms with Crippen LogP contribution >= 0.6 is 0 Å². The zero-order valence-electron chi connectivity index (χ0n) is 12.5. The lowest BCUT2D eigenvalue weighted by molar-refractivity contribution is -0.148. The summed E-state index contributed by atoms with van der Waals surface area (Å²) in [7, 11) is 0. The Kier molecular flexibility index (Phi) is 4.19. The second kappa shape index (κ2) is 5.57. The molecule has 3 nitrogen and oxygen atoms in total. The predicted molar refractivity (Wildman–Crippen MR) is 81.6 cm³/mol. The molecule has 0 aromatic rings. The van der Waals surface area contributed by atoms with E-state index in [0.29, 0.717) is 0 Å². The maximum atomic E-state index is 11.4. The standard InChI is InChI=1S/C17H25NO2/c1-4-5-13(2)10-14(3)11-18-17-8-6-16(12-17,7-9-17)15(19)20/h4-5,10,18H,1,6-9,11-12H2,2-3H3,(H,19,20)/b13-5+,14-10+. The van der Waals surface area contributed by atoms with Crippen LogP contribution in [-0.4, -0.2) is 23.2 Å². The highest BCUT2D eigenvalue weighted by Crippen LogP contribution is 2.56. The molecule has 2 N–H and O–H groups in total. The smallest absolute Gasteiger partial charge is 0.309 e. The van der Waals surface area contributed by atoms with Crippen molar-refractivity contribution < 1.29 is 9.90 Å². The third kappa shape index (κ3) is 2.88. The van der Waals surface area contributed by atoms with Crippen molar-refractivity contribution in [1.29, 1.82) is 0 Å². The van der Waals surface area contributed by atoms with Gasteiger partial charge in [0.15, 0.2) is 0 Å². The summed E-state index contributed by atoms with van der Waals surface area (Å²) in [6, 6.07) is 0. The summed E-state index contributed by atoms with van der Waals surface area (Å²) in [5, 5.41) is 13.0. The van der Waals surface area contributed by atoms with Crippen LogP contribution in [0.3, 0.4) is 0 Å². The molecular weight excluding hydrogens is 250 g/mol. The molecule has 0 atom stereocenters. The molecule has 2 bridgehead atoms. The SMILES string of the molecule is C=C/C=C(C)/C=C(\C)CNC12CCC(C(=O)O)(CC1)C2. The van der Waals surface area contributed by atoms with E-state index >= 15 is 0 Å². The minimum atomic E-state index is -0.601. The first-order valence-corrected chi connectivity index (χ1v) is 7.36. The first-order chi connectivity index (χ1) is 9.41. The Morgan fingerprint density at radius 1 is 1.30 bits per heavy atom. The Labute approximate surface area is 121 Å². The number of carbonyl (C=O) groups is 1. The van der Waals surface area contributed by atoms with Crippen molar-refractivity contribution in [3.63, 3.8) is 0 Å². The van der Waals surface area contributed by atoms with Crippen LogP contribution in [0.1, 0.15) is 46.0 Å². The van der Waals surface area contributed by atoms with Gasteiger partial charge in [0.1, 0.15) is 0 Å². The van der Waals surface area contributed by atoms with Crippen molar-refractivity contribution in [3.05, 3.63) is 36.0 Å². The molecule has 0 amide bonds. The lowest BCUT2D eigenvalue weighted by Crippen LogP contribution is -2.41. The summed E-state index contributed by atoms with van der Waals surface area (Å²) >= 11 is 0. The van der Waals surface area contributed by atoms with Gasteiger partial charge in [-0.2, -0.15) is 0 Å². The summed E-state index contributed by atoms with van der Waals surface area (Å²) in [5.41, 5.74) is 2.08. The second-order valence-corrected chi connectivity index (χ2v) is 6.53. The zero-order chi connectivity index (χ0) is 14.8. The highest BCUT2D eigenvalue weighted by molar-refractivity contribution is 5.76. The van der Waals surface area contributed by atoms with Crippen LogP contribution in [0.4, 0.5) is 0 Å². The van der Waals surface area contributed by atoms with E-state index in [1.807, 2.05) is 6.08 Å². The van der Waals surface area contributed by atoms with Gasteiger partial charge in [-0.1, -0.05) is 36.0 Å². The van der Waals surface area contributed by atoms with Gasteiger partial charge in [-0.25, -0.2) is 0 Å². The van der Waals surface area contributed by atoms with Gasteiger partial charge in [-0.15, -0.1) is 0 Å². The summed E-state index contributed by atoms with van der Waals surface area (Å²) < 4.78 is 0. The molecule has 0 unspecified atom stereocenters. The molecule has 0 aromatic heterocycles. The fraction of sp³-hybridized carbons (Fsp3) is 0.588. The maximum Gasteiger partial charge on any atom is 0.309 e. The Bertz CT molecular complexity index is 465. The van der Waals surface area contributed by atoms with Gasteiger partial charge in [0.05, 0.1) is 5.41 Å². The number of nitrogens with one attached hydrogen (secondary N) is 1. The van der Waals surface area contributed by atoms with Crippen molar-refractivity contribution in [2.45, 2.75) is 51.5 Å². The molecule has 0 aromatic carbocycles. The Morgan fingerprint density at radius 2 is 1.95 bits per heavy atom. The number of carboxylic acids is 1. The van der Waals surface area contributed by atoms with E-state index in [1.54, 1.807) is 6.08 Å². The van der Waals surface area contributed by atoms with Gasteiger partial charge < -0.3 is 10.4 Å². The zero-order valence-corrected chi connectivity index (χ0v) is 12.5. The largest absolute Gasteiger partial charge is 0.481 e. The summed E-state index contributed by atoms with van der Waals surface area (Å²) in [6.07, 6.45) is 10.4. The fourth-order valence-electron chi connectivity index (χ4n) is 3.74. The molecule has 2 aliphatic carbocycles. The molecule has 3 heteroatoms. The van der Waals surface area contributed by atoms with E-state index in [0.717, 1.165) is 38.6 Å². The van der Waals surface area contributed by atoms with Crippen LogP contribution in [-0.2, 0) is 4.79 Å². The van der Waals surface area contributed by atoms with Crippen LogP contribution < -0.4 is 5.32 Å². The van der Waals surface area contributed by atoms with Gasteiger partial charge in [0, 0.05) is 12.1 Å². The molecule has 0 heterocycles. The van der Waals surface area contributed by atoms with Gasteiger partial charge >= 0.3 is 5.97 Å². The molecule has 0 spiro atoms. The lowest BCUT2D eigenvalue weighted by atomic mass is 9.84. The average Bonchev–Trinajstić information content (AvgIpc) is 2.94. The number of hydrogen-bond donors (Lipinski definition) is 2. The number of rotatable bonds is 6. The van der Waals surface area contributed by atoms with Gasteiger partial charge in [-0.05, 0) is 46.0 Å². The topological polar surface area (TPSA) is 49.3 Å². The number of hydrogen-bond acceptors (Lipinski definition) is 2. The van der Waals surface area contributed by atoms with Crippen molar-refractivity contribution in [1.82, 2.24) is 5.32 Å². The molecule has 2 aliphatic rings. The average molecular weight is 275 g/mol. The third-order valence-corrected chi connectivity index (χ3v) is 4.89. The normalized spacial score (nSPS) is 33.5. The van der Waals surface area contributed by atoms with E-state index in [1.165, 1.54) is 11.1 Å². The monoisotopic (exact) mass is 275 g/mol. The van der Waals surface area contributed by atoms with Crippen LogP contribution in [0.5, 0.6) is 0 Å². The minimum Gasteiger partial charge on any atom is -0.481 e. The predicted octanol–water partition coefficient (Wildman–Crippen LogP) is 3.44. The van der Waals surface area contributed by atoms with Gasteiger partial charge in [0.25, 0.3) is 0 Å². The minimum absolute atomic E-state index is 0.0591. The molecule has 2 rings (SSSR count). The van der Waals surface area contributed by atoms with Crippen molar-refractivity contribution >= 4 is 5.97 Å². The Balaban J connectivity index is 1.95. The molecule has 0 saturated heterocycles. The van der Waals surface area contributed by atoms with Crippen LogP contribution in [0.25, 0.3) is 0 Å². The quantitative estimate of drug-likeness (QED) is 0.730. The van der Waals surface area contributed by atoms with Crippen molar-refractivity contribution in [3.8, 4) is 0 Å². The maximum absolute atomic E-state index is 11.4. The third-order valence-electron chi connectivity index (χ3n) is 4.89. The lowest BCUT2D eigenvalue weighted by Gasteiger charge is -2.28. The number of aliphatic carboxylic acids is 1.